The molecule has 0 aromatic heterocycles. The molecule has 6 nitrogen and oxygen atoms in total. The molecule has 21 heavy (non-hydrogen) atoms. The van der Waals surface area contributed by atoms with Gasteiger partial charge in [0.2, 0.25) is 0 Å². The lowest BCUT2D eigenvalue weighted by Gasteiger charge is -2.40. The van der Waals surface area contributed by atoms with E-state index in [4.69, 9.17) is 14.2 Å². The van der Waals surface area contributed by atoms with Crippen LogP contribution in [0.1, 0.15) is 33.6 Å². The van der Waals surface area contributed by atoms with Crippen molar-refractivity contribution in [1.82, 2.24) is 10.2 Å². The minimum Gasteiger partial charge on any atom is -0.444 e. The number of ether oxygens (including phenoxy) is 3. The van der Waals surface area contributed by atoms with E-state index in [1.165, 1.54) is 0 Å². The molecule has 0 radical (unpaired) electrons. The highest BCUT2D eigenvalue weighted by Crippen LogP contribution is 2.23. The second-order valence-corrected chi connectivity index (χ2v) is 6.84. The molecule has 2 rings (SSSR count). The maximum atomic E-state index is 12.3. The Morgan fingerprint density at radius 1 is 1.38 bits per heavy atom. The predicted molar refractivity (Wildman–Crippen MR) is 79.4 cm³/mol. The van der Waals surface area contributed by atoms with E-state index in [1.54, 1.807) is 12.0 Å². The van der Waals surface area contributed by atoms with Gasteiger partial charge in [0.25, 0.3) is 0 Å². The van der Waals surface area contributed by atoms with Crippen molar-refractivity contribution in [2.24, 2.45) is 0 Å². The standard InChI is InChI=1S/C15H28N2O4/c1-15(2,3)21-14(18)17-5-6-20-10-12(17)9-16-11-7-13(8-11)19-4/h11-13,16H,5-10H2,1-4H3. The molecule has 0 bridgehead atoms. The molecule has 2 aliphatic rings. The number of morpholine rings is 1. The van der Waals surface area contributed by atoms with Crippen LogP contribution in [-0.2, 0) is 14.2 Å². The molecule has 0 aromatic carbocycles. The maximum absolute atomic E-state index is 12.3. The van der Waals surface area contributed by atoms with Crippen molar-refractivity contribution in [3.8, 4) is 0 Å². The van der Waals surface area contributed by atoms with Gasteiger partial charge in [-0.15, -0.1) is 0 Å². The van der Waals surface area contributed by atoms with E-state index < -0.39 is 5.60 Å². The SMILES string of the molecule is COC1CC(NCC2COCCN2C(=O)OC(C)(C)C)C1. The first-order chi connectivity index (χ1) is 9.89. The summed E-state index contributed by atoms with van der Waals surface area (Å²) in [4.78, 5) is 14.0. The zero-order valence-corrected chi connectivity index (χ0v) is 13.6. The van der Waals surface area contributed by atoms with Crippen LogP contribution in [0.4, 0.5) is 4.79 Å². The first kappa shape index (κ1) is 16.5. The molecule has 0 spiro atoms. The molecular weight excluding hydrogens is 272 g/mol. The molecule has 1 saturated carbocycles. The Morgan fingerprint density at radius 3 is 2.71 bits per heavy atom. The van der Waals surface area contributed by atoms with Crippen molar-refractivity contribution in [3.63, 3.8) is 0 Å². The van der Waals surface area contributed by atoms with Gasteiger partial charge in [0.1, 0.15) is 5.60 Å². The lowest BCUT2D eigenvalue weighted by atomic mass is 9.89. The number of amides is 1. The van der Waals surface area contributed by atoms with Crippen molar-refractivity contribution in [2.75, 3.05) is 33.4 Å². The summed E-state index contributed by atoms with van der Waals surface area (Å²) in [5, 5.41) is 3.49. The Labute approximate surface area is 127 Å². The number of carbonyl (C=O) groups excluding carboxylic acids is 1. The smallest absolute Gasteiger partial charge is 0.410 e. The van der Waals surface area contributed by atoms with E-state index in [2.05, 4.69) is 5.32 Å². The number of rotatable bonds is 4. The summed E-state index contributed by atoms with van der Waals surface area (Å²) < 4.78 is 16.3. The fourth-order valence-electron chi connectivity index (χ4n) is 2.61. The first-order valence-electron chi connectivity index (χ1n) is 7.72. The molecule has 1 N–H and O–H groups in total. The second kappa shape index (κ2) is 6.94. The Hall–Kier alpha value is -0.850. The fraction of sp³-hybridized carbons (Fsp3) is 0.933. The average molecular weight is 300 g/mol. The van der Waals surface area contributed by atoms with Crippen LogP contribution in [0.5, 0.6) is 0 Å². The van der Waals surface area contributed by atoms with Crippen molar-refractivity contribution >= 4 is 6.09 Å². The van der Waals surface area contributed by atoms with Crippen LogP contribution < -0.4 is 5.32 Å². The number of hydrogen-bond acceptors (Lipinski definition) is 5. The van der Waals surface area contributed by atoms with Crippen LogP contribution in [0.25, 0.3) is 0 Å². The number of carbonyl (C=O) groups is 1. The van der Waals surface area contributed by atoms with Gasteiger partial charge in [-0.25, -0.2) is 4.79 Å². The molecule has 1 aliphatic heterocycles. The van der Waals surface area contributed by atoms with Crippen LogP contribution in [0.3, 0.4) is 0 Å². The highest BCUT2D eigenvalue weighted by Gasteiger charge is 2.33. The van der Waals surface area contributed by atoms with Crippen molar-refractivity contribution in [2.45, 2.75) is 57.4 Å². The van der Waals surface area contributed by atoms with Gasteiger partial charge in [0, 0.05) is 26.2 Å². The third-order valence-corrected chi connectivity index (χ3v) is 3.93. The third kappa shape index (κ3) is 4.83. The number of hydrogen-bond donors (Lipinski definition) is 1. The average Bonchev–Trinajstić information content (AvgIpc) is 2.35. The number of methoxy groups -OCH3 is 1. The van der Waals surface area contributed by atoms with Gasteiger partial charge in [-0.2, -0.15) is 0 Å². The lowest BCUT2D eigenvalue weighted by Crippen LogP contribution is -2.56. The molecule has 1 aliphatic carbocycles. The van der Waals surface area contributed by atoms with Crippen molar-refractivity contribution < 1.29 is 19.0 Å². The summed E-state index contributed by atoms with van der Waals surface area (Å²) in [6.45, 7) is 8.12. The van der Waals surface area contributed by atoms with Gasteiger partial charge in [0.05, 0.1) is 25.4 Å². The van der Waals surface area contributed by atoms with Crippen LogP contribution in [-0.4, -0.2) is 68.2 Å². The Bertz CT molecular complexity index is 350. The van der Waals surface area contributed by atoms with E-state index in [0.717, 1.165) is 19.4 Å². The first-order valence-corrected chi connectivity index (χ1v) is 7.72. The lowest BCUT2D eigenvalue weighted by molar-refractivity contribution is -0.0355. The van der Waals surface area contributed by atoms with Gasteiger partial charge < -0.3 is 19.5 Å². The zero-order chi connectivity index (χ0) is 15.5. The predicted octanol–water partition coefficient (Wildman–Crippen LogP) is 1.39. The Balaban J connectivity index is 1.80. The van der Waals surface area contributed by atoms with Gasteiger partial charge in [-0.05, 0) is 33.6 Å². The highest BCUT2D eigenvalue weighted by atomic mass is 16.6. The van der Waals surface area contributed by atoms with E-state index in [0.29, 0.717) is 31.9 Å². The molecule has 1 heterocycles. The highest BCUT2D eigenvalue weighted by molar-refractivity contribution is 5.68. The largest absolute Gasteiger partial charge is 0.444 e. The monoisotopic (exact) mass is 300 g/mol. The minimum atomic E-state index is -0.465. The van der Waals surface area contributed by atoms with E-state index in [9.17, 15) is 4.79 Å². The Kier molecular flexibility index (Phi) is 5.46. The molecular formula is C15H28N2O4. The molecule has 122 valence electrons. The maximum Gasteiger partial charge on any atom is 0.410 e. The van der Waals surface area contributed by atoms with Crippen LogP contribution in [0.15, 0.2) is 0 Å². The van der Waals surface area contributed by atoms with Crippen LogP contribution in [0.2, 0.25) is 0 Å². The summed E-state index contributed by atoms with van der Waals surface area (Å²) in [6, 6.07) is 0.521. The molecule has 1 amide bonds. The summed E-state index contributed by atoms with van der Waals surface area (Å²) >= 11 is 0. The van der Waals surface area contributed by atoms with Gasteiger partial charge in [-0.3, -0.25) is 4.90 Å². The van der Waals surface area contributed by atoms with E-state index in [-0.39, 0.29) is 12.1 Å². The summed E-state index contributed by atoms with van der Waals surface area (Å²) in [7, 11) is 1.75. The summed E-state index contributed by atoms with van der Waals surface area (Å²) in [5.74, 6) is 0. The molecule has 0 aromatic rings. The minimum absolute atomic E-state index is 0.0372. The van der Waals surface area contributed by atoms with Crippen LogP contribution >= 0.6 is 0 Å². The van der Waals surface area contributed by atoms with E-state index in [1.807, 2.05) is 20.8 Å². The van der Waals surface area contributed by atoms with Gasteiger partial charge >= 0.3 is 6.09 Å². The molecule has 1 unspecified atom stereocenters. The number of nitrogens with one attached hydrogen (secondary N) is 1. The molecule has 1 atom stereocenters. The number of nitrogens with zero attached hydrogens (tertiary/aromatic N) is 1. The Morgan fingerprint density at radius 2 is 2.10 bits per heavy atom. The fourth-order valence-corrected chi connectivity index (χ4v) is 2.61. The molecule has 6 heteroatoms. The second-order valence-electron chi connectivity index (χ2n) is 6.84. The molecule has 2 fully saturated rings. The van der Waals surface area contributed by atoms with E-state index >= 15 is 0 Å². The normalized spacial score (nSPS) is 29.9. The summed E-state index contributed by atoms with van der Waals surface area (Å²) in [6.07, 6.45) is 2.21. The van der Waals surface area contributed by atoms with Gasteiger partial charge in [-0.1, -0.05) is 0 Å². The topological polar surface area (TPSA) is 60.0 Å². The zero-order valence-electron chi connectivity index (χ0n) is 13.6. The molecule has 1 saturated heterocycles. The van der Waals surface area contributed by atoms with Crippen LogP contribution in [0, 0.1) is 0 Å². The quantitative estimate of drug-likeness (QED) is 0.850. The summed E-state index contributed by atoms with van der Waals surface area (Å²) in [5.41, 5.74) is -0.465. The van der Waals surface area contributed by atoms with Crippen molar-refractivity contribution in [3.05, 3.63) is 0 Å². The van der Waals surface area contributed by atoms with Gasteiger partial charge in [0.15, 0.2) is 0 Å². The van der Waals surface area contributed by atoms with Crippen molar-refractivity contribution in [1.29, 1.82) is 0 Å². The third-order valence-electron chi connectivity index (χ3n) is 3.93.